The summed E-state index contributed by atoms with van der Waals surface area (Å²) in [6.07, 6.45) is 3.10. The van der Waals surface area contributed by atoms with Crippen LogP contribution in [0.2, 0.25) is 5.02 Å². The van der Waals surface area contributed by atoms with Gasteiger partial charge in [-0.25, -0.2) is 0 Å². The molecule has 0 aliphatic carbocycles. The molecule has 4 rings (SSSR count). The van der Waals surface area contributed by atoms with Crippen molar-refractivity contribution in [2.75, 3.05) is 44.2 Å². The number of ether oxygens (including phenoxy) is 2. The van der Waals surface area contributed by atoms with Crippen molar-refractivity contribution in [1.29, 1.82) is 0 Å². The van der Waals surface area contributed by atoms with Crippen LogP contribution in [-0.4, -0.2) is 49.8 Å². The second-order valence-corrected chi connectivity index (χ2v) is 10.1. The highest BCUT2D eigenvalue weighted by Crippen LogP contribution is 2.43. The summed E-state index contributed by atoms with van der Waals surface area (Å²) >= 11 is 9.73. The number of nitrogens with zero attached hydrogens (tertiary/aromatic N) is 2. The maximum Gasteiger partial charge on any atom is 0.165 e. The third kappa shape index (κ3) is 5.43. The first-order valence-electron chi connectivity index (χ1n) is 10.8. The molecule has 0 atom stereocenters. The van der Waals surface area contributed by atoms with Crippen LogP contribution in [0.25, 0.3) is 0 Å². The lowest BCUT2D eigenvalue weighted by Crippen LogP contribution is -2.46. The van der Waals surface area contributed by atoms with Gasteiger partial charge in [0, 0.05) is 53.3 Å². The molecule has 0 unspecified atom stereocenters. The molecule has 2 aromatic rings. The van der Waals surface area contributed by atoms with Gasteiger partial charge in [0.15, 0.2) is 11.5 Å². The third-order valence-corrected chi connectivity index (χ3v) is 6.46. The van der Waals surface area contributed by atoms with Crippen LogP contribution in [-0.2, 0) is 6.42 Å². The van der Waals surface area contributed by atoms with E-state index >= 15 is 0 Å². The summed E-state index contributed by atoms with van der Waals surface area (Å²) in [5, 5.41) is 0.806. The van der Waals surface area contributed by atoms with Crippen LogP contribution in [0.1, 0.15) is 32.3 Å². The van der Waals surface area contributed by atoms with E-state index in [-0.39, 0.29) is 5.60 Å². The minimum absolute atomic E-state index is 0.158. The average molecular weight is 494 g/mol. The number of hydrogen-bond acceptors (Lipinski definition) is 4. The molecular weight excluding hydrogens is 464 g/mol. The molecule has 0 bridgehead atoms. The van der Waals surface area contributed by atoms with E-state index in [0.29, 0.717) is 0 Å². The van der Waals surface area contributed by atoms with Crippen LogP contribution >= 0.6 is 27.5 Å². The summed E-state index contributed by atoms with van der Waals surface area (Å²) in [6.45, 7) is 10.4. The molecule has 30 heavy (non-hydrogen) atoms. The first-order chi connectivity index (χ1) is 14.4. The van der Waals surface area contributed by atoms with E-state index in [1.165, 1.54) is 11.3 Å². The monoisotopic (exact) mass is 492 g/mol. The van der Waals surface area contributed by atoms with E-state index < -0.39 is 0 Å². The average Bonchev–Trinajstić information content (AvgIpc) is 3.02. The van der Waals surface area contributed by atoms with Crippen LogP contribution in [0.3, 0.4) is 0 Å². The standard InChI is InChI=1S/C24H30BrClN2O2/c1-24(2)17-18-14-19(25)15-22(23(18)30-24)29-13-4-3-8-27-9-11-28(12-10-27)21-7-5-6-20(26)16-21/h5-7,14-16H,3-4,8-13,17H2,1-2H3. The Morgan fingerprint density at radius 1 is 1.10 bits per heavy atom. The maximum absolute atomic E-state index is 6.13. The molecule has 1 saturated heterocycles. The zero-order valence-electron chi connectivity index (χ0n) is 17.8. The predicted molar refractivity (Wildman–Crippen MR) is 127 cm³/mol. The summed E-state index contributed by atoms with van der Waals surface area (Å²) in [5.74, 6) is 1.78. The highest BCUT2D eigenvalue weighted by Gasteiger charge is 2.32. The van der Waals surface area contributed by atoms with E-state index in [0.717, 1.165) is 79.6 Å². The van der Waals surface area contributed by atoms with Crippen molar-refractivity contribution in [3.05, 3.63) is 51.5 Å². The summed E-state index contributed by atoms with van der Waals surface area (Å²) in [5.41, 5.74) is 2.29. The van der Waals surface area contributed by atoms with Crippen molar-refractivity contribution in [2.45, 2.75) is 38.7 Å². The van der Waals surface area contributed by atoms with E-state index in [9.17, 15) is 0 Å². The molecule has 0 N–H and O–H groups in total. The molecule has 162 valence electrons. The maximum atomic E-state index is 6.13. The van der Waals surface area contributed by atoms with Gasteiger partial charge < -0.3 is 14.4 Å². The first-order valence-corrected chi connectivity index (χ1v) is 11.9. The normalized spacial score (nSPS) is 18.2. The number of piperazine rings is 1. The molecule has 1 fully saturated rings. The summed E-state index contributed by atoms with van der Waals surface area (Å²) in [6, 6.07) is 12.3. The molecule has 2 aromatic carbocycles. The number of halogens is 2. The Morgan fingerprint density at radius 2 is 1.90 bits per heavy atom. The van der Waals surface area contributed by atoms with Gasteiger partial charge in [0.25, 0.3) is 0 Å². The fourth-order valence-corrected chi connectivity index (χ4v) is 4.94. The lowest BCUT2D eigenvalue weighted by Gasteiger charge is -2.36. The van der Waals surface area contributed by atoms with Crippen molar-refractivity contribution >= 4 is 33.2 Å². The molecular formula is C24H30BrClN2O2. The first kappa shape index (κ1) is 21.8. The van der Waals surface area contributed by atoms with Crippen LogP contribution in [0, 0.1) is 0 Å². The molecule has 0 saturated carbocycles. The van der Waals surface area contributed by atoms with Gasteiger partial charge in [-0.1, -0.05) is 33.6 Å². The molecule has 0 aromatic heterocycles. The van der Waals surface area contributed by atoms with Crippen molar-refractivity contribution in [3.63, 3.8) is 0 Å². The predicted octanol–water partition coefficient (Wildman–Crippen LogP) is 5.80. The van der Waals surface area contributed by atoms with E-state index in [4.69, 9.17) is 21.1 Å². The highest BCUT2D eigenvalue weighted by molar-refractivity contribution is 9.10. The number of benzene rings is 2. The number of hydrogen-bond donors (Lipinski definition) is 0. The molecule has 2 aliphatic rings. The van der Waals surface area contributed by atoms with Crippen LogP contribution in [0.4, 0.5) is 5.69 Å². The van der Waals surface area contributed by atoms with Crippen molar-refractivity contribution in [3.8, 4) is 11.5 Å². The number of unbranched alkanes of at least 4 members (excludes halogenated alkanes) is 1. The zero-order valence-corrected chi connectivity index (χ0v) is 20.1. The fraction of sp³-hybridized carbons (Fsp3) is 0.500. The Bertz CT molecular complexity index is 882. The zero-order chi connectivity index (χ0) is 21.1. The topological polar surface area (TPSA) is 24.9 Å². The Morgan fingerprint density at radius 3 is 2.67 bits per heavy atom. The largest absolute Gasteiger partial charge is 0.490 e. The van der Waals surface area contributed by atoms with Gasteiger partial charge in [0.05, 0.1) is 6.61 Å². The van der Waals surface area contributed by atoms with Gasteiger partial charge in [-0.2, -0.15) is 0 Å². The highest BCUT2D eigenvalue weighted by atomic mass is 79.9. The molecule has 0 spiro atoms. The molecule has 0 amide bonds. The number of fused-ring (bicyclic) bond motifs is 1. The fourth-order valence-electron chi connectivity index (χ4n) is 4.27. The third-order valence-electron chi connectivity index (χ3n) is 5.76. The van der Waals surface area contributed by atoms with E-state index in [1.54, 1.807) is 0 Å². The lowest BCUT2D eigenvalue weighted by atomic mass is 10.0. The number of anilines is 1. The summed E-state index contributed by atoms with van der Waals surface area (Å²) in [7, 11) is 0. The Hall–Kier alpha value is -1.43. The minimum Gasteiger partial charge on any atom is -0.490 e. The summed E-state index contributed by atoms with van der Waals surface area (Å²) in [4.78, 5) is 4.96. The summed E-state index contributed by atoms with van der Waals surface area (Å²) < 4.78 is 13.3. The van der Waals surface area contributed by atoms with Crippen LogP contribution in [0.5, 0.6) is 11.5 Å². The Kier molecular flexibility index (Phi) is 6.81. The second kappa shape index (κ2) is 9.37. The van der Waals surface area contributed by atoms with Crippen molar-refractivity contribution in [2.24, 2.45) is 0 Å². The lowest BCUT2D eigenvalue weighted by molar-refractivity contribution is 0.131. The molecule has 6 heteroatoms. The molecule has 0 radical (unpaired) electrons. The molecule has 2 aliphatic heterocycles. The van der Waals surface area contributed by atoms with Gasteiger partial charge in [-0.05, 0) is 63.6 Å². The van der Waals surface area contributed by atoms with E-state index in [2.05, 4.69) is 57.8 Å². The van der Waals surface area contributed by atoms with Gasteiger partial charge in [0.1, 0.15) is 5.60 Å². The Balaban J connectivity index is 1.18. The van der Waals surface area contributed by atoms with Crippen molar-refractivity contribution < 1.29 is 9.47 Å². The van der Waals surface area contributed by atoms with Gasteiger partial charge >= 0.3 is 0 Å². The van der Waals surface area contributed by atoms with Crippen LogP contribution in [0.15, 0.2) is 40.9 Å². The number of rotatable bonds is 7. The smallest absolute Gasteiger partial charge is 0.165 e. The Labute approximate surface area is 193 Å². The molecule has 2 heterocycles. The van der Waals surface area contributed by atoms with E-state index in [1.807, 2.05) is 18.2 Å². The van der Waals surface area contributed by atoms with Crippen molar-refractivity contribution in [1.82, 2.24) is 4.90 Å². The van der Waals surface area contributed by atoms with Gasteiger partial charge in [-0.3, -0.25) is 4.90 Å². The van der Waals surface area contributed by atoms with Crippen LogP contribution < -0.4 is 14.4 Å². The molecule has 4 nitrogen and oxygen atoms in total. The second-order valence-electron chi connectivity index (χ2n) is 8.79. The quantitative estimate of drug-likeness (QED) is 0.455. The minimum atomic E-state index is -0.158. The SMILES string of the molecule is CC1(C)Cc2cc(Br)cc(OCCCCN3CCN(c4cccc(Cl)c4)CC3)c2O1. The van der Waals surface area contributed by atoms with Gasteiger partial charge in [0.2, 0.25) is 0 Å². The van der Waals surface area contributed by atoms with Gasteiger partial charge in [-0.15, -0.1) is 0 Å².